The van der Waals surface area contributed by atoms with Crippen molar-refractivity contribution in [2.75, 3.05) is 0 Å². The summed E-state index contributed by atoms with van der Waals surface area (Å²) in [5.74, 6) is 0. The van der Waals surface area contributed by atoms with Crippen molar-refractivity contribution in [2.24, 2.45) is 0 Å². The van der Waals surface area contributed by atoms with Crippen LogP contribution in [0.4, 0.5) is 0 Å². The van der Waals surface area contributed by atoms with Gasteiger partial charge in [0, 0.05) is 5.41 Å². The van der Waals surface area contributed by atoms with Crippen LogP contribution in [0.3, 0.4) is 0 Å². The lowest BCUT2D eigenvalue weighted by atomic mass is 9.93. The summed E-state index contributed by atoms with van der Waals surface area (Å²) in [6.07, 6.45) is 1.95. The molecule has 0 aliphatic rings. The molecule has 0 saturated heterocycles. The Bertz CT molecular complexity index is 222. The van der Waals surface area contributed by atoms with Crippen molar-refractivity contribution < 1.29 is 4.98 Å². The zero-order chi connectivity index (χ0) is 7.78. The monoisotopic (exact) mass is 157 g/mol. The maximum absolute atomic E-state index is 4.13. The number of H-pyrrole nitrogens is 2. The minimum absolute atomic E-state index is 0.178. The zero-order valence-electron chi connectivity index (χ0n) is 6.52. The Balaban J connectivity index is 2.96. The molecular formula is C7H13N2S+. The molecule has 56 valence electrons. The molecule has 0 aliphatic heterocycles. The number of aromatic amines is 2. The third kappa shape index (κ3) is 1.53. The van der Waals surface area contributed by atoms with Crippen molar-refractivity contribution >= 4 is 12.6 Å². The second-order valence-electron chi connectivity index (χ2n) is 3.43. The molecular weight excluding hydrogens is 144 g/mol. The highest BCUT2D eigenvalue weighted by Gasteiger charge is 2.20. The number of hydrogen-bond acceptors (Lipinski definition) is 1. The Labute approximate surface area is 66.5 Å². The zero-order valence-corrected chi connectivity index (χ0v) is 7.42. The second-order valence-corrected chi connectivity index (χ2v) is 3.87. The second kappa shape index (κ2) is 2.31. The van der Waals surface area contributed by atoms with Gasteiger partial charge in [-0.1, -0.05) is 33.4 Å². The molecule has 1 heterocycles. The van der Waals surface area contributed by atoms with Crippen LogP contribution >= 0.6 is 12.6 Å². The van der Waals surface area contributed by atoms with Crippen molar-refractivity contribution in [3.63, 3.8) is 0 Å². The van der Waals surface area contributed by atoms with E-state index in [-0.39, 0.29) is 5.41 Å². The van der Waals surface area contributed by atoms with Crippen LogP contribution in [-0.4, -0.2) is 4.98 Å². The molecule has 2 N–H and O–H groups in total. The molecule has 1 aromatic rings. The minimum atomic E-state index is 0.178. The van der Waals surface area contributed by atoms with E-state index in [4.69, 9.17) is 0 Å². The molecule has 1 aromatic heterocycles. The van der Waals surface area contributed by atoms with E-state index in [2.05, 4.69) is 43.4 Å². The van der Waals surface area contributed by atoms with Gasteiger partial charge in [-0.25, -0.2) is 9.97 Å². The molecule has 0 spiro atoms. The summed E-state index contributed by atoms with van der Waals surface area (Å²) in [4.78, 5) is 6.11. The summed E-state index contributed by atoms with van der Waals surface area (Å²) in [6.45, 7) is 6.46. The van der Waals surface area contributed by atoms with Crippen LogP contribution in [0.2, 0.25) is 0 Å². The van der Waals surface area contributed by atoms with E-state index in [0.717, 1.165) is 5.16 Å². The fourth-order valence-electron chi connectivity index (χ4n) is 0.744. The predicted molar refractivity (Wildman–Crippen MR) is 43.3 cm³/mol. The molecule has 2 nitrogen and oxygen atoms in total. The van der Waals surface area contributed by atoms with E-state index in [1.165, 1.54) is 5.69 Å². The highest BCUT2D eigenvalue weighted by molar-refractivity contribution is 7.79. The summed E-state index contributed by atoms with van der Waals surface area (Å²) in [5.41, 5.74) is 1.36. The number of aromatic nitrogens is 2. The third-order valence-electron chi connectivity index (χ3n) is 1.41. The van der Waals surface area contributed by atoms with Gasteiger partial charge in [0.2, 0.25) is 0 Å². The van der Waals surface area contributed by atoms with Crippen molar-refractivity contribution in [2.45, 2.75) is 31.3 Å². The lowest BCUT2D eigenvalue weighted by Gasteiger charge is -2.10. The van der Waals surface area contributed by atoms with E-state index >= 15 is 0 Å². The van der Waals surface area contributed by atoms with Crippen LogP contribution in [0, 0.1) is 0 Å². The molecule has 0 aliphatic carbocycles. The van der Waals surface area contributed by atoms with Gasteiger partial charge in [-0.3, -0.25) is 0 Å². The normalized spacial score (nSPS) is 12.0. The van der Waals surface area contributed by atoms with Gasteiger partial charge < -0.3 is 0 Å². The van der Waals surface area contributed by atoms with Gasteiger partial charge in [-0.2, -0.15) is 0 Å². The van der Waals surface area contributed by atoms with Crippen LogP contribution in [-0.2, 0) is 5.41 Å². The van der Waals surface area contributed by atoms with E-state index in [1.807, 2.05) is 6.20 Å². The Hall–Kier alpha value is -0.440. The minimum Gasteiger partial charge on any atom is -0.238 e. The van der Waals surface area contributed by atoms with Crippen LogP contribution in [0.15, 0.2) is 11.4 Å². The van der Waals surface area contributed by atoms with Gasteiger partial charge in [0.05, 0.1) is 0 Å². The topological polar surface area (TPSA) is 29.9 Å². The summed E-state index contributed by atoms with van der Waals surface area (Å²) in [5, 5.41) is 0.810. The van der Waals surface area contributed by atoms with Gasteiger partial charge in [-0.05, 0) is 0 Å². The van der Waals surface area contributed by atoms with Gasteiger partial charge in [-0.15, -0.1) is 0 Å². The summed E-state index contributed by atoms with van der Waals surface area (Å²) in [6, 6.07) is 0. The van der Waals surface area contributed by atoms with E-state index in [0.29, 0.717) is 0 Å². The van der Waals surface area contributed by atoms with Gasteiger partial charge in [0.25, 0.3) is 0 Å². The number of imidazole rings is 1. The molecule has 0 bridgehead atoms. The first-order valence-corrected chi connectivity index (χ1v) is 3.75. The summed E-state index contributed by atoms with van der Waals surface area (Å²) < 4.78 is 0. The first-order valence-electron chi connectivity index (χ1n) is 3.30. The molecule has 1 rings (SSSR count). The molecule has 0 fully saturated rings. The number of thiol groups is 1. The lowest BCUT2D eigenvalue weighted by Crippen LogP contribution is -2.11. The Morgan fingerprint density at radius 1 is 1.50 bits per heavy atom. The lowest BCUT2D eigenvalue weighted by molar-refractivity contribution is -0.425. The number of hydrogen-bond donors (Lipinski definition) is 2. The maximum atomic E-state index is 4.13. The predicted octanol–water partition coefficient (Wildman–Crippen LogP) is 1.41. The molecule has 0 amide bonds. The van der Waals surface area contributed by atoms with Crippen molar-refractivity contribution in [3.05, 3.63) is 11.9 Å². The quantitative estimate of drug-likeness (QED) is 0.533. The van der Waals surface area contributed by atoms with Crippen molar-refractivity contribution in [1.29, 1.82) is 0 Å². The third-order valence-corrected chi connectivity index (χ3v) is 1.66. The Morgan fingerprint density at radius 2 is 2.10 bits per heavy atom. The van der Waals surface area contributed by atoms with E-state index < -0.39 is 0 Å². The molecule has 0 unspecified atom stereocenters. The molecule has 0 aromatic carbocycles. The molecule has 0 saturated carbocycles. The largest absolute Gasteiger partial charge is 0.310 e. The van der Waals surface area contributed by atoms with Gasteiger partial charge in [0.1, 0.15) is 11.9 Å². The van der Waals surface area contributed by atoms with Crippen LogP contribution in [0.25, 0.3) is 0 Å². The van der Waals surface area contributed by atoms with E-state index in [9.17, 15) is 0 Å². The molecule has 10 heavy (non-hydrogen) atoms. The van der Waals surface area contributed by atoms with Gasteiger partial charge in [0.15, 0.2) is 0 Å². The van der Waals surface area contributed by atoms with Crippen molar-refractivity contribution in [1.82, 2.24) is 4.98 Å². The summed E-state index contributed by atoms with van der Waals surface area (Å²) >= 11 is 4.13. The summed E-state index contributed by atoms with van der Waals surface area (Å²) in [7, 11) is 0. The fraction of sp³-hybridized carbons (Fsp3) is 0.571. The average molecular weight is 157 g/mol. The Kier molecular flexibility index (Phi) is 1.77. The maximum Gasteiger partial charge on any atom is 0.310 e. The van der Waals surface area contributed by atoms with Crippen LogP contribution in [0.5, 0.6) is 0 Å². The highest BCUT2D eigenvalue weighted by atomic mass is 32.1. The van der Waals surface area contributed by atoms with E-state index in [1.54, 1.807) is 0 Å². The molecule has 0 atom stereocenters. The SMILES string of the molecule is CC(C)(C)c1c[nH+]c(S)[nH]1. The number of rotatable bonds is 0. The smallest absolute Gasteiger partial charge is 0.238 e. The first kappa shape index (κ1) is 7.66. The van der Waals surface area contributed by atoms with Crippen LogP contribution < -0.4 is 4.98 Å². The number of nitrogens with one attached hydrogen (secondary N) is 2. The first-order chi connectivity index (χ1) is 4.50. The standard InChI is InChI=1S/C7H12N2S/c1-7(2,3)5-4-8-6(10)9-5/h4H,1-3H3,(H2,8,9,10)/p+1. The van der Waals surface area contributed by atoms with Crippen LogP contribution in [0.1, 0.15) is 26.5 Å². The Morgan fingerprint density at radius 3 is 2.30 bits per heavy atom. The highest BCUT2D eigenvalue weighted by Crippen LogP contribution is 2.18. The molecule has 3 heteroatoms. The van der Waals surface area contributed by atoms with Crippen molar-refractivity contribution in [3.8, 4) is 0 Å². The fourth-order valence-corrected chi connectivity index (χ4v) is 0.929. The molecule has 0 radical (unpaired) electrons. The average Bonchev–Trinajstić information content (AvgIpc) is 2.11. The van der Waals surface area contributed by atoms with Gasteiger partial charge >= 0.3 is 5.16 Å².